The molecule has 0 spiro atoms. The minimum atomic E-state index is 0.356. The van der Waals surface area contributed by atoms with Gasteiger partial charge in [0.1, 0.15) is 18.1 Å². The van der Waals surface area contributed by atoms with Crippen LogP contribution in [0.4, 0.5) is 5.82 Å². The minimum absolute atomic E-state index is 0.356. The molecule has 0 aliphatic rings. The zero-order valence-electron chi connectivity index (χ0n) is 11.0. The molecule has 0 unspecified atom stereocenters. The number of aryl methyl sites for hydroxylation is 1. The molecule has 2 heterocycles. The van der Waals surface area contributed by atoms with Crippen LogP contribution in [0.1, 0.15) is 12.7 Å². The molecule has 0 fully saturated rings. The number of ether oxygens (including phenoxy) is 1. The topological polar surface area (TPSA) is 77.8 Å². The Hall–Kier alpha value is -1.54. The Morgan fingerprint density at radius 1 is 1.42 bits per heavy atom. The Labute approximate surface area is 119 Å². The number of halogens is 1. The van der Waals surface area contributed by atoms with Crippen molar-refractivity contribution in [2.45, 2.75) is 13.5 Å². The summed E-state index contributed by atoms with van der Waals surface area (Å²) in [7, 11) is 3.43. The van der Waals surface area contributed by atoms with Gasteiger partial charge >= 0.3 is 0 Å². The van der Waals surface area contributed by atoms with Crippen molar-refractivity contribution in [2.75, 3.05) is 19.0 Å². The fourth-order valence-corrected chi connectivity index (χ4v) is 2.22. The van der Waals surface area contributed by atoms with E-state index in [9.17, 15) is 0 Å². The second kappa shape index (κ2) is 6.07. The predicted octanol–water partition coefficient (Wildman–Crippen LogP) is 1.61. The van der Waals surface area contributed by atoms with E-state index in [-0.39, 0.29) is 0 Å². The molecule has 2 aromatic heterocycles. The van der Waals surface area contributed by atoms with Crippen LogP contribution in [0, 0.1) is 0 Å². The highest BCUT2D eigenvalue weighted by Crippen LogP contribution is 2.25. The molecule has 1 N–H and O–H groups in total. The Bertz CT molecular complexity index is 527. The van der Waals surface area contributed by atoms with Crippen LogP contribution in [0.15, 0.2) is 10.7 Å². The molecule has 102 valence electrons. The molecule has 0 saturated carbocycles. The number of anilines is 1. The summed E-state index contributed by atoms with van der Waals surface area (Å²) in [4.78, 5) is 8.83. The van der Waals surface area contributed by atoms with Gasteiger partial charge in [0.05, 0.1) is 5.69 Å². The lowest BCUT2D eigenvalue weighted by atomic mass is 10.3. The van der Waals surface area contributed by atoms with Crippen molar-refractivity contribution in [3.8, 4) is 11.4 Å². The van der Waals surface area contributed by atoms with Crippen molar-refractivity contribution < 1.29 is 4.74 Å². The van der Waals surface area contributed by atoms with Crippen LogP contribution in [0.2, 0.25) is 0 Å². The lowest BCUT2D eigenvalue weighted by Gasteiger charge is -2.08. The highest BCUT2D eigenvalue weighted by Gasteiger charge is 2.14. The zero-order valence-corrected chi connectivity index (χ0v) is 12.6. The quantitative estimate of drug-likeness (QED) is 0.899. The minimum Gasteiger partial charge on any atom is -0.377 e. The van der Waals surface area contributed by atoms with Crippen LogP contribution in [0.25, 0.3) is 11.4 Å². The van der Waals surface area contributed by atoms with Crippen molar-refractivity contribution in [2.24, 2.45) is 7.05 Å². The summed E-state index contributed by atoms with van der Waals surface area (Å²) in [6.45, 7) is 3.15. The summed E-state index contributed by atoms with van der Waals surface area (Å²) in [5, 5.41) is 11.1. The summed E-state index contributed by atoms with van der Waals surface area (Å²) < 4.78 is 7.41. The number of nitrogens with one attached hydrogen (secondary N) is 1. The molecule has 0 radical (unpaired) electrons. The lowest BCUT2D eigenvalue weighted by Crippen LogP contribution is -2.06. The van der Waals surface area contributed by atoms with E-state index >= 15 is 0 Å². The van der Waals surface area contributed by atoms with Gasteiger partial charge in [-0.3, -0.25) is 0 Å². The molecule has 0 amide bonds. The van der Waals surface area contributed by atoms with E-state index < -0.39 is 0 Å². The highest BCUT2D eigenvalue weighted by molar-refractivity contribution is 9.10. The molecular weight excluding hydrogens is 312 g/mol. The van der Waals surface area contributed by atoms with Gasteiger partial charge in [0.25, 0.3) is 0 Å². The average Bonchev–Trinajstić information content (AvgIpc) is 2.69. The van der Waals surface area contributed by atoms with E-state index in [1.165, 1.54) is 0 Å². The number of methoxy groups -OCH3 is 1. The Morgan fingerprint density at radius 3 is 2.79 bits per heavy atom. The van der Waals surface area contributed by atoms with Gasteiger partial charge in [0.15, 0.2) is 10.4 Å². The van der Waals surface area contributed by atoms with Gasteiger partial charge in [-0.05, 0) is 22.9 Å². The summed E-state index contributed by atoms with van der Waals surface area (Å²) >= 11 is 3.37. The fraction of sp³-hybridized carbons (Fsp3) is 0.455. The lowest BCUT2D eigenvalue weighted by molar-refractivity contribution is 0.178. The first kappa shape index (κ1) is 13.9. The molecule has 7 nitrogen and oxygen atoms in total. The molecule has 0 aliphatic heterocycles. The van der Waals surface area contributed by atoms with E-state index in [1.807, 2.05) is 20.0 Å². The van der Waals surface area contributed by atoms with E-state index in [1.54, 1.807) is 11.8 Å². The average molecular weight is 327 g/mol. The maximum Gasteiger partial charge on any atom is 0.157 e. The van der Waals surface area contributed by atoms with Crippen molar-refractivity contribution >= 4 is 21.7 Å². The Morgan fingerprint density at radius 2 is 2.21 bits per heavy atom. The molecule has 19 heavy (non-hydrogen) atoms. The second-order valence-electron chi connectivity index (χ2n) is 3.87. The fourth-order valence-electron chi connectivity index (χ4n) is 1.69. The molecule has 2 rings (SSSR count). The second-order valence-corrected chi connectivity index (χ2v) is 4.62. The van der Waals surface area contributed by atoms with E-state index in [0.717, 1.165) is 23.8 Å². The van der Waals surface area contributed by atoms with Crippen molar-refractivity contribution in [1.82, 2.24) is 25.0 Å². The molecule has 0 atom stereocenters. The highest BCUT2D eigenvalue weighted by atomic mass is 79.9. The molecule has 8 heteroatoms. The van der Waals surface area contributed by atoms with Gasteiger partial charge in [-0.15, -0.1) is 5.10 Å². The van der Waals surface area contributed by atoms with Crippen LogP contribution in [0.5, 0.6) is 0 Å². The molecule has 0 aliphatic carbocycles. The van der Waals surface area contributed by atoms with Crippen LogP contribution in [-0.4, -0.2) is 38.6 Å². The molecule has 0 aromatic carbocycles. The van der Waals surface area contributed by atoms with Crippen molar-refractivity contribution in [3.05, 3.63) is 16.5 Å². The molecule has 0 saturated heterocycles. The molecule has 0 bridgehead atoms. The van der Waals surface area contributed by atoms with E-state index in [4.69, 9.17) is 4.74 Å². The maximum absolute atomic E-state index is 5.09. The third-order valence-electron chi connectivity index (χ3n) is 2.43. The van der Waals surface area contributed by atoms with Crippen LogP contribution in [0.3, 0.4) is 0 Å². The van der Waals surface area contributed by atoms with Gasteiger partial charge in [-0.1, -0.05) is 5.21 Å². The van der Waals surface area contributed by atoms with Gasteiger partial charge in [-0.2, -0.15) is 0 Å². The van der Waals surface area contributed by atoms with E-state index in [2.05, 4.69) is 41.5 Å². The first-order valence-electron chi connectivity index (χ1n) is 5.82. The van der Waals surface area contributed by atoms with Gasteiger partial charge in [0.2, 0.25) is 0 Å². The number of hydrogen-bond acceptors (Lipinski definition) is 6. The summed E-state index contributed by atoms with van der Waals surface area (Å²) in [5.74, 6) is 1.37. The smallest absolute Gasteiger partial charge is 0.157 e. The molecular formula is C11H15BrN6O. The number of rotatable bonds is 5. The summed E-state index contributed by atoms with van der Waals surface area (Å²) in [6.07, 6.45) is 0. The van der Waals surface area contributed by atoms with Gasteiger partial charge < -0.3 is 10.1 Å². The van der Waals surface area contributed by atoms with Gasteiger partial charge in [-0.25, -0.2) is 14.6 Å². The predicted molar refractivity (Wildman–Crippen MR) is 74.6 cm³/mol. The van der Waals surface area contributed by atoms with E-state index in [0.29, 0.717) is 17.0 Å². The Balaban J connectivity index is 2.49. The van der Waals surface area contributed by atoms with Crippen molar-refractivity contribution in [1.29, 1.82) is 0 Å². The monoisotopic (exact) mass is 326 g/mol. The third kappa shape index (κ3) is 3.07. The third-order valence-corrected chi connectivity index (χ3v) is 2.97. The maximum atomic E-state index is 5.09. The zero-order chi connectivity index (χ0) is 13.8. The molecule has 2 aromatic rings. The normalized spacial score (nSPS) is 10.7. The van der Waals surface area contributed by atoms with Crippen LogP contribution < -0.4 is 5.32 Å². The van der Waals surface area contributed by atoms with Crippen LogP contribution >= 0.6 is 15.9 Å². The first-order valence-corrected chi connectivity index (χ1v) is 6.61. The Kier molecular flexibility index (Phi) is 4.43. The largest absolute Gasteiger partial charge is 0.377 e. The first-order chi connectivity index (χ1) is 9.15. The standard InChI is InChI=1S/C11H15BrN6O/c1-4-13-8-5-7(14-9(15-8)6-19-3)10-11(12)16-17-18(10)2/h5H,4,6H2,1-3H3,(H,13,14,15). The summed E-state index contributed by atoms with van der Waals surface area (Å²) in [6, 6.07) is 1.87. The number of aromatic nitrogens is 5. The van der Waals surface area contributed by atoms with Crippen LogP contribution in [-0.2, 0) is 18.4 Å². The van der Waals surface area contributed by atoms with Gasteiger partial charge in [0, 0.05) is 26.8 Å². The number of hydrogen-bond donors (Lipinski definition) is 1. The number of nitrogens with zero attached hydrogens (tertiary/aromatic N) is 5. The van der Waals surface area contributed by atoms with Crippen molar-refractivity contribution in [3.63, 3.8) is 0 Å². The summed E-state index contributed by atoms with van der Waals surface area (Å²) in [5.41, 5.74) is 1.55. The SMILES string of the molecule is CCNc1cc(-c2c(Br)nnn2C)nc(COC)n1.